The molecule has 0 spiro atoms. The van der Waals surface area contributed by atoms with Crippen molar-refractivity contribution in [2.24, 2.45) is 0 Å². The van der Waals surface area contributed by atoms with Gasteiger partial charge < -0.3 is 0 Å². The van der Waals surface area contributed by atoms with Crippen LogP contribution in [0, 0.1) is 5.82 Å². The van der Waals surface area contributed by atoms with Crippen molar-refractivity contribution < 1.29 is 4.39 Å². The second-order valence-electron chi connectivity index (χ2n) is 2.01. The summed E-state index contributed by atoms with van der Waals surface area (Å²) in [6, 6.07) is 4.74. The van der Waals surface area contributed by atoms with E-state index in [1.807, 2.05) is 0 Å². The standard InChI is InChI=1S/C8H8BrFS/c1-2-11-8-4-3-6(10)5-7(8)9/h3-5H,2H2,1H3. The molecular weight excluding hydrogens is 227 g/mol. The van der Waals surface area contributed by atoms with Gasteiger partial charge in [0.15, 0.2) is 0 Å². The topological polar surface area (TPSA) is 0 Å². The first-order valence-electron chi connectivity index (χ1n) is 3.32. The maximum absolute atomic E-state index is 12.5. The number of rotatable bonds is 2. The first kappa shape index (κ1) is 9.07. The average molecular weight is 235 g/mol. The van der Waals surface area contributed by atoms with Gasteiger partial charge in [0.05, 0.1) is 0 Å². The van der Waals surface area contributed by atoms with Gasteiger partial charge in [0.25, 0.3) is 0 Å². The van der Waals surface area contributed by atoms with Gasteiger partial charge in [-0.1, -0.05) is 6.92 Å². The molecule has 11 heavy (non-hydrogen) atoms. The lowest BCUT2D eigenvalue weighted by Gasteiger charge is -2.00. The highest BCUT2D eigenvalue weighted by Gasteiger charge is 1.99. The molecule has 0 atom stereocenters. The number of benzene rings is 1. The molecule has 0 nitrogen and oxygen atoms in total. The van der Waals surface area contributed by atoms with E-state index in [2.05, 4.69) is 22.9 Å². The number of thioether (sulfide) groups is 1. The molecule has 0 aromatic heterocycles. The maximum atomic E-state index is 12.5. The van der Waals surface area contributed by atoms with Crippen LogP contribution >= 0.6 is 27.7 Å². The third-order valence-electron chi connectivity index (χ3n) is 1.19. The summed E-state index contributed by atoms with van der Waals surface area (Å²) in [5.41, 5.74) is 0. The van der Waals surface area contributed by atoms with Gasteiger partial charge in [0.2, 0.25) is 0 Å². The Morgan fingerprint density at radius 2 is 2.27 bits per heavy atom. The van der Waals surface area contributed by atoms with Crippen molar-refractivity contribution in [3.63, 3.8) is 0 Å². The van der Waals surface area contributed by atoms with Gasteiger partial charge in [-0.25, -0.2) is 4.39 Å². The average Bonchev–Trinajstić information content (AvgIpc) is 1.95. The summed E-state index contributed by atoms with van der Waals surface area (Å²) in [5, 5.41) is 0. The lowest BCUT2D eigenvalue weighted by Crippen LogP contribution is -1.78. The van der Waals surface area contributed by atoms with E-state index in [1.54, 1.807) is 17.8 Å². The Morgan fingerprint density at radius 3 is 2.82 bits per heavy atom. The van der Waals surface area contributed by atoms with Crippen molar-refractivity contribution in [1.82, 2.24) is 0 Å². The summed E-state index contributed by atoms with van der Waals surface area (Å²) in [6.45, 7) is 2.07. The zero-order chi connectivity index (χ0) is 8.27. The summed E-state index contributed by atoms with van der Waals surface area (Å²) in [5.74, 6) is 0.807. The van der Waals surface area contributed by atoms with Gasteiger partial charge in [-0.15, -0.1) is 11.8 Å². The molecule has 0 fully saturated rings. The largest absolute Gasteiger partial charge is 0.207 e. The fourth-order valence-corrected chi connectivity index (χ4v) is 2.11. The van der Waals surface area contributed by atoms with Crippen molar-refractivity contribution in [1.29, 1.82) is 0 Å². The van der Waals surface area contributed by atoms with E-state index in [-0.39, 0.29) is 5.82 Å². The van der Waals surface area contributed by atoms with E-state index in [0.717, 1.165) is 15.1 Å². The summed E-state index contributed by atoms with van der Waals surface area (Å²) in [6.07, 6.45) is 0. The van der Waals surface area contributed by atoms with Crippen LogP contribution in [0.3, 0.4) is 0 Å². The van der Waals surface area contributed by atoms with Crippen LogP contribution in [-0.4, -0.2) is 5.75 Å². The summed E-state index contributed by atoms with van der Waals surface area (Å²) in [7, 11) is 0. The van der Waals surface area contributed by atoms with Crippen LogP contribution in [0.2, 0.25) is 0 Å². The van der Waals surface area contributed by atoms with Crippen LogP contribution in [0.5, 0.6) is 0 Å². The van der Waals surface area contributed by atoms with Crippen molar-refractivity contribution in [3.8, 4) is 0 Å². The Kier molecular flexibility index (Phi) is 3.40. The summed E-state index contributed by atoms with van der Waals surface area (Å²) >= 11 is 4.98. The van der Waals surface area contributed by atoms with Gasteiger partial charge in [-0.05, 0) is 39.9 Å². The molecule has 0 aliphatic heterocycles. The zero-order valence-corrected chi connectivity index (χ0v) is 8.51. The summed E-state index contributed by atoms with van der Waals surface area (Å²) < 4.78 is 13.4. The molecule has 3 heteroatoms. The van der Waals surface area contributed by atoms with Crippen LogP contribution in [0.1, 0.15) is 6.92 Å². The van der Waals surface area contributed by atoms with Gasteiger partial charge in [-0.2, -0.15) is 0 Å². The third kappa shape index (κ3) is 2.49. The highest BCUT2D eigenvalue weighted by atomic mass is 79.9. The van der Waals surface area contributed by atoms with E-state index in [4.69, 9.17) is 0 Å². The predicted octanol–water partition coefficient (Wildman–Crippen LogP) is 3.70. The monoisotopic (exact) mass is 234 g/mol. The highest BCUT2D eigenvalue weighted by Crippen LogP contribution is 2.27. The van der Waals surface area contributed by atoms with E-state index < -0.39 is 0 Å². The van der Waals surface area contributed by atoms with Gasteiger partial charge in [0.1, 0.15) is 5.82 Å². The first-order chi connectivity index (χ1) is 5.24. The smallest absolute Gasteiger partial charge is 0.124 e. The Bertz CT molecular complexity index is 250. The Hall–Kier alpha value is -0.0200. The minimum atomic E-state index is -0.197. The summed E-state index contributed by atoms with van der Waals surface area (Å²) in [4.78, 5) is 1.09. The molecule has 0 heterocycles. The van der Waals surface area contributed by atoms with Gasteiger partial charge in [0, 0.05) is 9.37 Å². The van der Waals surface area contributed by atoms with Crippen LogP contribution in [0.25, 0.3) is 0 Å². The minimum Gasteiger partial charge on any atom is -0.207 e. The molecule has 1 aromatic carbocycles. The molecule has 0 saturated heterocycles. The van der Waals surface area contributed by atoms with Crippen LogP contribution in [0.4, 0.5) is 4.39 Å². The van der Waals surface area contributed by atoms with Crippen molar-refractivity contribution in [2.45, 2.75) is 11.8 Å². The molecule has 60 valence electrons. The van der Waals surface area contributed by atoms with E-state index in [9.17, 15) is 4.39 Å². The molecule has 0 amide bonds. The Morgan fingerprint density at radius 1 is 1.55 bits per heavy atom. The highest BCUT2D eigenvalue weighted by molar-refractivity contribution is 9.10. The fraction of sp³-hybridized carbons (Fsp3) is 0.250. The van der Waals surface area contributed by atoms with Crippen molar-refractivity contribution in [3.05, 3.63) is 28.5 Å². The molecule has 1 rings (SSSR count). The number of halogens is 2. The normalized spacial score (nSPS) is 10.1. The third-order valence-corrected chi connectivity index (χ3v) is 3.07. The molecule has 0 aliphatic rings. The second-order valence-corrected chi connectivity index (χ2v) is 4.17. The molecule has 0 radical (unpaired) electrons. The lowest BCUT2D eigenvalue weighted by atomic mass is 10.3. The van der Waals surface area contributed by atoms with Crippen LogP contribution in [0.15, 0.2) is 27.6 Å². The fourth-order valence-electron chi connectivity index (χ4n) is 0.748. The van der Waals surface area contributed by atoms with Gasteiger partial charge in [-0.3, -0.25) is 0 Å². The first-order valence-corrected chi connectivity index (χ1v) is 5.09. The van der Waals surface area contributed by atoms with E-state index in [0.29, 0.717) is 0 Å². The molecule has 0 saturated carbocycles. The molecule has 0 unspecified atom stereocenters. The van der Waals surface area contributed by atoms with Gasteiger partial charge >= 0.3 is 0 Å². The van der Waals surface area contributed by atoms with Crippen molar-refractivity contribution >= 4 is 27.7 Å². The van der Waals surface area contributed by atoms with Crippen molar-refractivity contribution in [2.75, 3.05) is 5.75 Å². The zero-order valence-electron chi connectivity index (χ0n) is 6.10. The van der Waals surface area contributed by atoms with E-state index in [1.165, 1.54) is 12.1 Å². The number of hydrogen-bond donors (Lipinski definition) is 0. The van der Waals surface area contributed by atoms with E-state index >= 15 is 0 Å². The Labute approximate surface area is 78.3 Å². The molecule has 0 aliphatic carbocycles. The molecule has 1 aromatic rings. The van der Waals surface area contributed by atoms with Crippen LogP contribution in [-0.2, 0) is 0 Å². The predicted molar refractivity (Wildman–Crippen MR) is 50.5 cm³/mol. The maximum Gasteiger partial charge on any atom is 0.124 e. The quantitative estimate of drug-likeness (QED) is 0.704. The minimum absolute atomic E-state index is 0.197. The molecule has 0 N–H and O–H groups in total. The van der Waals surface area contributed by atoms with Crippen LogP contribution < -0.4 is 0 Å². The second kappa shape index (κ2) is 4.12. The number of hydrogen-bond acceptors (Lipinski definition) is 1. The SMILES string of the molecule is CCSc1ccc(F)cc1Br. The lowest BCUT2D eigenvalue weighted by molar-refractivity contribution is 0.625. The molecule has 0 bridgehead atoms. The Balaban J connectivity index is 2.90. The molecular formula is C8H8BrFS.